The van der Waals surface area contributed by atoms with Crippen LogP contribution in [0.1, 0.15) is 23.3 Å². The molecule has 3 heterocycles. The van der Waals surface area contributed by atoms with Crippen LogP contribution in [0, 0.1) is 17.2 Å². The second-order valence-electron chi connectivity index (χ2n) is 5.69. The standard InChI is InChI=1S/C17H20N4S/c18-11-15-3-1-7-19-17(15)20-12-14-5-8-21(9-6-14)13-16-4-2-10-22-16/h1-4,7,10,14H,5-6,8-9,12-13H2,(H,19,20). The highest BCUT2D eigenvalue weighted by Crippen LogP contribution is 2.21. The largest absolute Gasteiger partial charge is 0.369 e. The number of hydrogen-bond donors (Lipinski definition) is 1. The molecule has 5 heteroatoms. The zero-order chi connectivity index (χ0) is 15.2. The number of nitrogens with one attached hydrogen (secondary N) is 1. The molecule has 0 amide bonds. The maximum Gasteiger partial charge on any atom is 0.143 e. The molecule has 1 aliphatic heterocycles. The fourth-order valence-corrected chi connectivity index (χ4v) is 3.60. The lowest BCUT2D eigenvalue weighted by Gasteiger charge is -2.31. The van der Waals surface area contributed by atoms with Crippen molar-refractivity contribution in [3.05, 3.63) is 46.3 Å². The Labute approximate surface area is 135 Å². The Morgan fingerprint density at radius 2 is 2.18 bits per heavy atom. The maximum absolute atomic E-state index is 9.08. The van der Waals surface area contributed by atoms with E-state index in [1.165, 1.54) is 17.7 Å². The molecule has 1 aliphatic rings. The number of hydrogen-bond acceptors (Lipinski definition) is 5. The van der Waals surface area contributed by atoms with Gasteiger partial charge in [-0.3, -0.25) is 4.90 Å². The van der Waals surface area contributed by atoms with Crippen molar-refractivity contribution in [1.29, 1.82) is 5.26 Å². The third-order valence-corrected chi connectivity index (χ3v) is 5.01. The summed E-state index contributed by atoms with van der Waals surface area (Å²) < 4.78 is 0. The lowest BCUT2D eigenvalue weighted by molar-refractivity contribution is 0.184. The van der Waals surface area contributed by atoms with Gasteiger partial charge in [-0.15, -0.1) is 11.3 Å². The molecule has 1 N–H and O–H groups in total. The van der Waals surface area contributed by atoms with Gasteiger partial charge in [0.1, 0.15) is 11.9 Å². The van der Waals surface area contributed by atoms with Crippen molar-refractivity contribution >= 4 is 17.2 Å². The number of pyridine rings is 1. The first-order valence-electron chi connectivity index (χ1n) is 7.69. The Balaban J connectivity index is 1.45. The van der Waals surface area contributed by atoms with Crippen molar-refractivity contribution in [2.24, 2.45) is 5.92 Å². The number of likely N-dealkylation sites (tertiary alicyclic amines) is 1. The molecule has 0 bridgehead atoms. The van der Waals surface area contributed by atoms with Gasteiger partial charge < -0.3 is 5.32 Å². The highest BCUT2D eigenvalue weighted by Gasteiger charge is 2.19. The topological polar surface area (TPSA) is 52.0 Å². The minimum absolute atomic E-state index is 0.623. The van der Waals surface area contributed by atoms with Crippen LogP contribution in [0.25, 0.3) is 0 Å². The van der Waals surface area contributed by atoms with Gasteiger partial charge in [-0.1, -0.05) is 6.07 Å². The predicted molar refractivity (Wildman–Crippen MR) is 89.8 cm³/mol. The Kier molecular flexibility index (Phi) is 5.04. The molecule has 1 saturated heterocycles. The van der Waals surface area contributed by atoms with Crippen molar-refractivity contribution in [1.82, 2.24) is 9.88 Å². The molecule has 4 nitrogen and oxygen atoms in total. The molecule has 1 fully saturated rings. The van der Waals surface area contributed by atoms with E-state index in [9.17, 15) is 0 Å². The van der Waals surface area contributed by atoms with Gasteiger partial charge in [0.25, 0.3) is 0 Å². The molecule has 2 aromatic heterocycles. The van der Waals surface area contributed by atoms with E-state index >= 15 is 0 Å². The van der Waals surface area contributed by atoms with Crippen molar-refractivity contribution in [2.45, 2.75) is 19.4 Å². The molecular weight excluding hydrogens is 292 g/mol. The average Bonchev–Trinajstić information content (AvgIpc) is 3.07. The van der Waals surface area contributed by atoms with E-state index in [1.807, 2.05) is 11.3 Å². The number of rotatable bonds is 5. The van der Waals surface area contributed by atoms with Gasteiger partial charge in [0.05, 0.1) is 5.56 Å². The van der Waals surface area contributed by atoms with Crippen LogP contribution < -0.4 is 5.32 Å². The lowest BCUT2D eigenvalue weighted by Crippen LogP contribution is -2.35. The molecule has 22 heavy (non-hydrogen) atoms. The summed E-state index contributed by atoms with van der Waals surface area (Å²) in [5.74, 6) is 1.37. The zero-order valence-electron chi connectivity index (χ0n) is 12.5. The van der Waals surface area contributed by atoms with Crippen molar-refractivity contribution < 1.29 is 0 Å². The van der Waals surface area contributed by atoms with Gasteiger partial charge in [0.2, 0.25) is 0 Å². The van der Waals surface area contributed by atoms with Crippen LogP contribution in [0.2, 0.25) is 0 Å². The quantitative estimate of drug-likeness (QED) is 0.920. The first kappa shape index (κ1) is 15.0. The van der Waals surface area contributed by atoms with E-state index in [0.717, 1.165) is 26.2 Å². The minimum atomic E-state index is 0.623. The molecule has 0 saturated carbocycles. The van der Waals surface area contributed by atoms with Gasteiger partial charge in [0, 0.05) is 24.2 Å². The van der Waals surface area contributed by atoms with Gasteiger partial charge in [-0.05, 0) is 55.4 Å². The summed E-state index contributed by atoms with van der Waals surface area (Å²) in [5.41, 5.74) is 0.623. The van der Waals surface area contributed by atoms with E-state index < -0.39 is 0 Å². The fourth-order valence-electron chi connectivity index (χ4n) is 2.85. The molecule has 0 radical (unpaired) electrons. The Bertz CT molecular complexity index is 624. The van der Waals surface area contributed by atoms with Crippen molar-refractivity contribution in [3.63, 3.8) is 0 Å². The number of nitrogens with zero attached hydrogens (tertiary/aromatic N) is 3. The average molecular weight is 312 g/mol. The van der Waals surface area contributed by atoms with Crippen LogP contribution in [-0.4, -0.2) is 29.5 Å². The Morgan fingerprint density at radius 3 is 2.91 bits per heavy atom. The first-order valence-corrected chi connectivity index (χ1v) is 8.57. The number of aromatic nitrogens is 1. The highest BCUT2D eigenvalue weighted by atomic mass is 32.1. The van der Waals surface area contributed by atoms with Gasteiger partial charge in [-0.25, -0.2) is 4.98 Å². The van der Waals surface area contributed by atoms with E-state index in [0.29, 0.717) is 17.3 Å². The van der Waals surface area contributed by atoms with Gasteiger partial charge >= 0.3 is 0 Å². The van der Waals surface area contributed by atoms with E-state index in [1.54, 1.807) is 18.3 Å². The lowest BCUT2D eigenvalue weighted by atomic mass is 9.96. The van der Waals surface area contributed by atoms with Crippen LogP contribution in [0.4, 0.5) is 5.82 Å². The molecule has 0 spiro atoms. The summed E-state index contributed by atoms with van der Waals surface area (Å²) in [6.07, 6.45) is 4.13. The first-order chi connectivity index (χ1) is 10.8. The van der Waals surface area contributed by atoms with Crippen molar-refractivity contribution in [2.75, 3.05) is 25.0 Å². The number of anilines is 1. The second kappa shape index (κ2) is 7.39. The molecular formula is C17H20N4S. The summed E-state index contributed by atoms with van der Waals surface area (Å²) >= 11 is 1.84. The minimum Gasteiger partial charge on any atom is -0.369 e. The van der Waals surface area contributed by atoms with Crippen LogP contribution in [0.5, 0.6) is 0 Å². The SMILES string of the molecule is N#Cc1cccnc1NCC1CCN(Cc2cccs2)CC1. The summed E-state index contributed by atoms with van der Waals surface area (Å²) in [6.45, 7) is 4.28. The smallest absolute Gasteiger partial charge is 0.143 e. The third kappa shape index (κ3) is 3.85. The van der Waals surface area contributed by atoms with Crippen LogP contribution in [0.15, 0.2) is 35.8 Å². The molecule has 114 valence electrons. The maximum atomic E-state index is 9.08. The van der Waals surface area contributed by atoms with Crippen LogP contribution >= 0.6 is 11.3 Å². The van der Waals surface area contributed by atoms with Gasteiger partial charge in [0.15, 0.2) is 0 Å². The summed E-state index contributed by atoms with van der Waals surface area (Å²) in [6, 6.07) is 10.1. The summed E-state index contributed by atoms with van der Waals surface area (Å²) in [4.78, 5) is 8.24. The number of thiophene rings is 1. The highest BCUT2D eigenvalue weighted by molar-refractivity contribution is 7.09. The Morgan fingerprint density at radius 1 is 1.32 bits per heavy atom. The fraction of sp³-hybridized carbons (Fsp3) is 0.412. The summed E-state index contributed by atoms with van der Waals surface area (Å²) in [7, 11) is 0. The van der Waals surface area contributed by atoms with E-state index in [4.69, 9.17) is 5.26 Å². The molecule has 2 aromatic rings. The molecule has 0 atom stereocenters. The second-order valence-corrected chi connectivity index (χ2v) is 6.72. The normalized spacial score (nSPS) is 16.3. The molecule has 0 aromatic carbocycles. The molecule has 3 rings (SSSR count). The molecule has 0 aliphatic carbocycles. The monoisotopic (exact) mass is 312 g/mol. The number of nitriles is 1. The zero-order valence-corrected chi connectivity index (χ0v) is 13.4. The van der Waals surface area contributed by atoms with E-state index in [-0.39, 0.29) is 0 Å². The van der Waals surface area contributed by atoms with Crippen LogP contribution in [-0.2, 0) is 6.54 Å². The number of piperidine rings is 1. The summed E-state index contributed by atoms with van der Waals surface area (Å²) in [5, 5.41) is 14.6. The predicted octanol–water partition coefficient (Wildman–Crippen LogP) is 3.34. The van der Waals surface area contributed by atoms with E-state index in [2.05, 4.69) is 38.8 Å². The van der Waals surface area contributed by atoms with Crippen LogP contribution in [0.3, 0.4) is 0 Å². The Hall–Kier alpha value is -1.90. The van der Waals surface area contributed by atoms with Gasteiger partial charge in [-0.2, -0.15) is 5.26 Å². The molecule has 0 unspecified atom stereocenters. The van der Waals surface area contributed by atoms with Crippen molar-refractivity contribution in [3.8, 4) is 6.07 Å². The third-order valence-electron chi connectivity index (χ3n) is 4.15.